The van der Waals surface area contributed by atoms with Crippen LogP contribution in [-0.2, 0) is 0 Å². The van der Waals surface area contributed by atoms with Crippen LogP contribution in [0.3, 0.4) is 0 Å². The maximum Gasteiger partial charge on any atom is 0.224 e. The van der Waals surface area contributed by atoms with Crippen LogP contribution >= 0.6 is 23.4 Å². The minimum atomic E-state index is 0.326. The van der Waals surface area contributed by atoms with Gasteiger partial charge in [-0.3, -0.25) is 0 Å². The standard InChI is InChI=1S/C11H11ClN2S/c1-2-7-15-10-8-5-3-4-6-9(8)13-11(12)14-10/h3-6H,2,7H2,1H3. The molecule has 0 spiro atoms. The summed E-state index contributed by atoms with van der Waals surface area (Å²) in [5.41, 5.74) is 0.913. The molecule has 0 saturated carbocycles. The Bertz CT molecular complexity index is 473. The number of nitrogens with zero attached hydrogens (tertiary/aromatic N) is 2. The molecule has 15 heavy (non-hydrogen) atoms. The fraction of sp³-hybridized carbons (Fsp3) is 0.273. The minimum absolute atomic E-state index is 0.326. The Balaban J connectivity index is 2.50. The van der Waals surface area contributed by atoms with Gasteiger partial charge in [-0.25, -0.2) is 9.97 Å². The van der Waals surface area contributed by atoms with Gasteiger partial charge in [-0.05, 0) is 29.8 Å². The number of benzene rings is 1. The van der Waals surface area contributed by atoms with E-state index < -0.39 is 0 Å². The van der Waals surface area contributed by atoms with E-state index >= 15 is 0 Å². The molecule has 2 rings (SSSR count). The number of halogens is 1. The lowest BCUT2D eigenvalue weighted by Gasteiger charge is -2.04. The zero-order valence-electron chi connectivity index (χ0n) is 8.40. The number of para-hydroxylation sites is 1. The van der Waals surface area contributed by atoms with Crippen molar-refractivity contribution >= 4 is 34.3 Å². The quantitative estimate of drug-likeness (QED) is 0.462. The van der Waals surface area contributed by atoms with E-state index in [0.717, 1.165) is 28.1 Å². The lowest BCUT2D eigenvalue weighted by Crippen LogP contribution is -1.89. The molecule has 0 saturated heterocycles. The molecular weight excluding hydrogens is 228 g/mol. The van der Waals surface area contributed by atoms with Crippen molar-refractivity contribution in [2.75, 3.05) is 5.75 Å². The lowest BCUT2D eigenvalue weighted by molar-refractivity contribution is 1.07. The van der Waals surface area contributed by atoms with E-state index in [1.165, 1.54) is 0 Å². The molecular formula is C11H11ClN2S. The van der Waals surface area contributed by atoms with E-state index in [4.69, 9.17) is 11.6 Å². The first-order chi connectivity index (χ1) is 7.31. The smallest absolute Gasteiger partial charge is 0.218 e. The van der Waals surface area contributed by atoms with Gasteiger partial charge in [-0.1, -0.05) is 25.1 Å². The average molecular weight is 239 g/mol. The van der Waals surface area contributed by atoms with Crippen molar-refractivity contribution in [3.05, 3.63) is 29.5 Å². The lowest BCUT2D eigenvalue weighted by atomic mass is 10.2. The number of hydrogen-bond acceptors (Lipinski definition) is 3. The first-order valence-electron chi connectivity index (χ1n) is 4.86. The molecule has 0 aliphatic rings. The molecule has 0 atom stereocenters. The molecule has 2 aromatic rings. The fourth-order valence-electron chi connectivity index (χ4n) is 1.33. The fourth-order valence-corrected chi connectivity index (χ4v) is 2.43. The third-order valence-corrected chi connectivity index (χ3v) is 3.35. The van der Waals surface area contributed by atoms with E-state index in [2.05, 4.69) is 16.9 Å². The molecule has 1 aromatic carbocycles. The predicted octanol–water partition coefficient (Wildman–Crippen LogP) is 3.79. The summed E-state index contributed by atoms with van der Waals surface area (Å²) in [4.78, 5) is 8.44. The van der Waals surface area contributed by atoms with Crippen LogP contribution < -0.4 is 0 Å². The minimum Gasteiger partial charge on any atom is -0.218 e. The van der Waals surface area contributed by atoms with Crippen molar-refractivity contribution in [3.63, 3.8) is 0 Å². The highest BCUT2D eigenvalue weighted by Crippen LogP contribution is 2.26. The Labute approximate surface area is 98.1 Å². The summed E-state index contributed by atoms with van der Waals surface area (Å²) in [5, 5.41) is 2.39. The van der Waals surface area contributed by atoms with Crippen molar-refractivity contribution in [2.24, 2.45) is 0 Å². The topological polar surface area (TPSA) is 25.8 Å². The number of rotatable bonds is 3. The van der Waals surface area contributed by atoms with Crippen molar-refractivity contribution in [3.8, 4) is 0 Å². The van der Waals surface area contributed by atoms with Crippen LogP contribution in [0.1, 0.15) is 13.3 Å². The van der Waals surface area contributed by atoms with Gasteiger partial charge in [0.15, 0.2) is 0 Å². The zero-order valence-corrected chi connectivity index (χ0v) is 9.98. The van der Waals surface area contributed by atoms with Crippen LogP contribution in [-0.4, -0.2) is 15.7 Å². The maximum atomic E-state index is 5.87. The molecule has 0 bridgehead atoms. The molecule has 0 amide bonds. The maximum absolute atomic E-state index is 5.87. The van der Waals surface area contributed by atoms with Gasteiger partial charge in [-0.2, -0.15) is 0 Å². The molecule has 4 heteroatoms. The third-order valence-electron chi connectivity index (χ3n) is 1.98. The van der Waals surface area contributed by atoms with Gasteiger partial charge < -0.3 is 0 Å². The summed E-state index contributed by atoms with van der Waals surface area (Å²) in [6.07, 6.45) is 1.13. The van der Waals surface area contributed by atoms with Crippen LogP contribution in [0.25, 0.3) is 10.9 Å². The summed E-state index contributed by atoms with van der Waals surface area (Å²) in [7, 11) is 0. The average Bonchev–Trinajstić information content (AvgIpc) is 2.25. The van der Waals surface area contributed by atoms with Crippen molar-refractivity contribution in [1.29, 1.82) is 0 Å². The first-order valence-corrected chi connectivity index (χ1v) is 6.22. The molecule has 78 valence electrons. The summed E-state index contributed by atoms with van der Waals surface area (Å²) in [5.74, 6) is 1.05. The summed E-state index contributed by atoms with van der Waals surface area (Å²) < 4.78 is 0. The Morgan fingerprint density at radius 3 is 2.87 bits per heavy atom. The zero-order chi connectivity index (χ0) is 10.7. The summed E-state index contributed by atoms with van der Waals surface area (Å²) >= 11 is 7.60. The highest BCUT2D eigenvalue weighted by Gasteiger charge is 2.05. The third kappa shape index (κ3) is 2.41. The van der Waals surface area contributed by atoms with Gasteiger partial charge in [0.1, 0.15) is 5.03 Å². The van der Waals surface area contributed by atoms with Crippen molar-refractivity contribution in [1.82, 2.24) is 9.97 Å². The summed E-state index contributed by atoms with van der Waals surface area (Å²) in [6.45, 7) is 2.15. The van der Waals surface area contributed by atoms with Gasteiger partial charge in [-0.15, -0.1) is 11.8 Å². The molecule has 0 aliphatic carbocycles. The Kier molecular flexibility index (Phi) is 3.44. The van der Waals surface area contributed by atoms with E-state index in [-0.39, 0.29) is 0 Å². The van der Waals surface area contributed by atoms with E-state index in [0.29, 0.717) is 5.28 Å². The predicted molar refractivity (Wildman–Crippen MR) is 65.6 cm³/mol. The second-order valence-electron chi connectivity index (χ2n) is 3.16. The van der Waals surface area contributed by atoms with Crippen LogP contribution in [0.2, 0.25) is 5.28 Å². The van der Waals surface area contributed by atoms with Crippen molar-refractivity contribution < 1.29 is 0 Å². The number of thioether (sulfide) groups is 1. The monoisotopic (exact) mass is 238 g/mol. The molecule has 0 unspecified atom stereocenters. The molecule has 0 aliphatic heterocycles. The van der Waals surface area contributed by atoms with Gasteiger partial charge in [0.2, 0.25) is 5.28 Å². The molecule has 0 radical (unpaired) electrons. The molecule has 0 N–H and O–H groups in total. The number of aromatic nitrogens is 2. The van der Waals surface area contributed by atoms with Crippen molar-refractivity contribution in [2.45, 2.75) is 18.4 Å². The Hall–Kier alpha value is -0.800. The SMILES string of the molecule is CCCSc1nc(Cl)nc2ccccc12. The number of fused-ring (bicyclic) bond motifs is 1. The molecule has 1 aromatic heterocycles. The van der Waals surface area contributed by atoms with Crippen LogP contribution in [0.4, 0.5) is 0 Å². The summed E-state index contributed by atoms with van der Waals surface area (Å²) in [6, 6.07) is 7.94. The van der Waals surface area contributed by atoms with E-state index in [1.807, 2.05) is 24.3 Å². The largest absolute Gasteiger partial charge is 0.224 e. The molecule has 0 fully saturated rings. The second kappa shape index (κ2) is 4.81. The highest BCUT2D eigenvalue weighted by molar-refractivity contribution is 7.99. The molecule has 2 nitrogen and oxygen atoms in total. The van der Waals surface area contributed by atoms with E-state index in [1.54, 1.807) is 11.8 Å². The van der Waals surface area contributed by atoms with Gasteiger partial charge in [0, 0.05) is 5.39 Å². The van der Waals surface area contributed by atoms with Gasteiger partial charge in [0.05, 0.1) is 5.52 Å². The number of hydrogen-bond donors (Lipinski definition) is 0. The second-order valence-corrected chi connectivity index (χ2v) is 4.59. The van der Waals surface area contributed by atoms with Gasteiger partial charge >= 0.3 is 0 Å². The van der Waals surface area contributed by atoms with E-state index in [9.17, 15) is 0 Å². The normalized spacial score (nSPS) is 10.8. The van der Waals surface area contributed by atoms with Crippen LogP contribution in [0.15, 0.2) is 29.3 Å². The molecule has 1 heterocycles. The van der Waals surface area contributed by atoms with Gasteiger partial charge in [0.25, 0.3) is 0 Å². The Morgan fingerprint density at radius 2 is 2.07 bits per heavy atom. The van der Waals surface area contributed by atoms with Crippen LogP contribution in [0.5, 0.6) is 0 Å². The highest BCUT2D eigenvalue weighted by atomic mass is 35.5. The first kappa shape index (κ1) is 10.7. The Morgan fingerprint density at radius 1 is 1.27 bits per heavy atom. The van der Waals surface area contributed by atoms with Crippen LogP contribution in [0, 0.1) is 0 Å².